The summed E-state index contributed by atoms with van der Waals surface area (Å²) < 4.78 is 6.85. The standard InChI is InChI=1S/C28H45N3O5/c1-8-15-29(16-9-2)24(33)21-22-25(34)31(20(11-4)18-32)23(26(35)30(17-10-3)19(6)7)28(22)14-13-27(21,12-5)36-28/h8,10,19-23,32H,1,3,9,11-18H2,2,4-7H3/t20-,21-,22-,23?,27+,28?/m0/s1. The molecule has 3 rings (SSSR count). The summed E-state index contributed by atoms with van der Waals surface area (Å²) in [6, 6.07) is -1.53. The summed E-state index contributed by atoms with van der Waals surface area (Å²) in [4.78, 5) is 47.6. The fourth-order valence-corrected chi connectivity index (χ4v) is 6.88. The molecule has 3 aliphatic heterocycles. The van der Waals surface area contributed by atoms with Gasteiger partial charge in [-0.1, -0.05) is 32.9 Å². The first-order chi connectivity index (χ1) is 17.1. The van der Waals surface area contributed by atoms with Gasteiger partial charge in [-0.05, 0) is 46.0 Å². The van der Waals surface area contributed by atoms with Crippen molar-refractivity contribution in [3.05, 3.63) is 25.3 Å². The minimum absolute atomic E-state index is 0.101. The normalized spacial score (nSPS) is 31.5. The molecule has 2 unspecified atom stereocenters. The van der Waals surface area contributed by atoms with Gasteiger partial charge >= 0.3 is 0 Å². The summed E-state index contributed by atoms with van der Waals surface area (Å²) in [5.74, 6) is -1.98. The molecule has 3 fully saturated rings. The second-order valence-corrected chi connectivity index (χ2v) is 10.8. The molecule has 0 aromatic rings. The van der Waals surface area contributed by atoms with Gasteiger partial charge in [0, 0.05) is 25.7 Å². The maximum absolute atomic E-state index is 14.3. The lowest BCUT2D eigenvalue weighted by Crippen LogP contribution is -2.59. The first-order valence-corrected chi connectivity index (χ1v) is 13.6. The molecule has 3 heterocycles. The van der Waals surface area contributed by atoms with Gasteiger partial charge in [0.2, 0.25) is 17.7 Å². The van der Waals surface area contributed by atoms with Crippen molar-refractivity contribution >= 4 is 17.7 Å². The zero-order chi connectivity index (χ0) is 26.8. The number of likely N-dealkylation sites (tertiary alicyclic amines) is 1. The Kier molecular flexibility index (Phi) is 8.71. The molecular weight excluding hydrogens is 458 g/mol. The second-order valence-electron chi connectivity index (χ2n) is 10.8. The van der Waals surface area contributed by atoms with Crippen LogP contribution in [0.5, 0.6) is 0 Å². The fraction of sp³-hybridized carbons (Fsp3) is 0.750. The first kappa shape index (κ1) is 28.4. The van der Waals surface area contributed by atoms with Crippen molar-refractivity contribution in [2.75, 3.05) is 26.2 Å². The smallest absolute Gasteiger partial charge is 0.248 e. The topological polar surface area (TPSA) is 90.4 Å². The number of carbonyl (C=O) groups is 3. The molecule has 36 heavy (non-hydrogen) atoms. The van der Waals surface area contributed by atoms with Gasteiger partial charge in [-0.15, -0.1) is 13.2 Å². The van der Waals surface area contributed by atoms with Crippen LogP contribution < -0.4 is 0 Å². The molecule has 0 saturated carbocycles. The van der Waals surface area contributed by atoms with Crippen molar-refractivity contribution in [1.29, 1.82) is 0 Å². The number of aliphatic hydroxyl groups is 1. The van der Waals surface area contributed by atoms with Gasteiger partial charge in [0.25, 0.3) is 0 Å². The summed E-state index contributed by atoms with van der Waals surface area (Å²) in [5, 5.41) is 10.2. The van der Waals surface area contributed by atoms with Crippen molar-refractivity contribution in [3.63, 3.8) is 0 Å². The molecule has 3 amide bonds. The van der Waals surface area contributed by atoms with E-state index >= 15 is 0 Å². The van der Waals surface area contributed by atoms with E-state index in [4.69, 9.17) is 4.74 Å². The Morgan fingerprint density at radius 1 is 1.17 bits per heavy atom. The number of fused-ring (bicyclic) bond motifs is 1. The van der Waals surface area contributed by atoms with Gasteiger partial charge in [-0.3, -0.25) is 14.4 Å². The quantitative estimate of drug-likeness (QED) is 0.391. The molecule has 0 aliphatic carbocycles. The molecule has 0 radical (unpaired) electrons. The summed E-state index contributed by atoms with van der Waals surface area (Å²) in [6.45, 7) is 18.5. The van der Waals surface area contributed by atoms with Crippen LogP contribution in [0.2, 0.25) is 0 Å². The van der Waals surface area contributed by atoms with Gasteiger partial charge in [-0.25, -0.2) is 0 Å². The number of hydrogen-bond acceptors (Lipinski definition) is 5. The number of amides is 3. The van der Waals surface area contributed by atoms with Crippen LogP contribution in [-0.4, -0.2) is 93.1 Å². The van der Waals surface area contributed by atoms with E-state index in [0.29, 0.717) is 45.3 Å². The van der Waals surface area contributed by atoms with Gasteiger partial charge in [0.05, 0.1) is 30.1 Å². The van der Waals surface area contributed by atoms with Gasteiger partial charge in [-0.2, -0.15) is 0 Å². The predicted octanol–water partition coefficient (Wildman–Crippen LogP) is 2.76. The molecule has 8 nitrogen and oxygen atoms in total. The largest absolute Gasteiger partial charge is 0.394 e. The highest BCUT2D eigenvalue weighted by Gasteiger charge is 2.79. The number of ether oxygens (including phenoxy) is 1. The second kappa shape index (κ2) is 11.1. The molecule has 3 saturated heterocycles. The molecule has 0 aromatic heterocycles. The van der Waals surface area contributed by atoms with E-state index in [1.165, 1.54) is 0 Å². The molecule has 1 spiro atoms. The Morgan fingerprint density at radius 2 is 1.83 bits per heavy atom. The van der Waals surface area contributed by atoms with E-state index in [0.717, 1.165) is 6.42 Å². The van der Waals surface area contributed by atoms with Crippen LogP contribution in [0.1, 0.15) is 66.7 Å². The van der Waals surface area contributed by atoms with E-state index in [-0.39, 0.29) is 30.4 Å². The van der Waals surface area contributed by atoms with Crippen molar-refractivity contribution in [3.8, 4) is 0 Å². The lowest BCUT2D eigenvalue weighted by atomic mass is 9.64. The van der Waals surface area contributed by atoms with Crippen LogP contribution >= 0.6 is 0 Å². The number of carbonyl (C=O) groups excluding carboxylic acids is 3. The van der Waals surface area contributed by atoms with Crippen molar-refractivity contribution in [2.45, 2.75) is 96.1 Å². The Balaban J connectivity index is 2.17. The van der Waals surface area contributed by atoms with Crippen LogP contribution in [0.3, 0.4) is 0 Å². The van der Waals surface area contributed by atoms with Crippen LogP contribution in [0, 0.1) is 11.8 Å². The van der Waals surface area contributed by atoms with Crippen molar-refractivity contribution in [1.82, 2.24) is 14.7 Å². The maximum Gasteiger partial charge on any atom is 0.248 e. The minimum Gasteiger partial charge on any atom is -0.394 e. The Hall–Kier alpha value is -2.19. The van der Waals surface area contributed by atoms with E-state index in [1.54, 1.807) is 26.9 Å². The highest BCUT2D eigenvalue weighted by molar-refractivity contribution is 5.99. The third-order valence-corrected chi connectivity index (χ3v) is 8.58. The lowest BCUT2D eigenvalue weighted by molar-refractivity contribution is -0.158. The molecule has 6 atom stereocenters. The number of hydrogen-bond donors (Lipinski definition) is 1. The highest BCUT2D eigenvalue weighted by atomic mass is 16.5. The Labute approximate surface area is 216 Å². The molecule has 8 heteroatoms. The van der Waals surface area contributed by atoms with Crippen molar-refractivity contribution < 1.29 is 24.2 Å². The summed E-state index contributed by atoms with van der Waals surface area (Å²) in [6.07, 6.45) is 6.41. The molecule has 0 aromatic carbocycles. The van der Waals surface area contributed by atoms with Crippen LogP contribution in [0.25, 0.3) is 0 Å². The van der Waals surface area contributed by atoms with E-state index in [9.17, 15) is 19.5 Å². The van der Waals surface area contributed by atoms with E-state index in [1.807, 2.05) is 34.6 Å². The summed E-state index contributed by atoms with van der Waals surface area (Å²) in [5.41, 5.74) is -1.87. The average molecular weight is 504 g/mol. The Bertz CT molecular complexity index is 871. The Morgan fingerprint density at radius 3 is 2.33 bits per heavy atom. The summed E-state index contributed by atoms with van der Waals surface area (Å²) >= 11 is 0. The number of rotatable bonds is 13. The molecule has 2 bridgehead atoms. The zero-order valence-electron chi connectivity index (χ0n) is 22.7. The average Bonchev–Trinajstić information content (AvgIpc) is 3.46. The SMILES string of the molecule is C=CCN(CCC)C(=O)[C@@H]1[C@H]2C(=O)N([C@@H](CC)CO)C(C(=O)N(CC=C)C(C)C)C23CC[C@@]1(CC)O3. The molecule has 3 aliphatic rings. The first-order valence-electron chi connectivity index (χ1n) is 13.6. The maximum atomic E-state index is 14.3. The van der Waals surface area contributed by atoms with Crippen LogP contribution in [-0.2, 0) is 19.1 Å². The molecule has 202 valence electrons. The van der Waals surface area contributed by atoms with Gasteiger partial charge in [0.15, 0.2) is 0 Å². The predicted molar refractivity (Wildman–Crippen MR) is 139 cm³/mol. The lowest BCUT2D eigenvalue weighted by Gasteiger charge is -2.40. The molecule has 1 N–H and O–H groups in total. The van der Waals surface area contributed by atoms with Crippen LogP contribution in [0.4, 0.5) is 0 Å². The number of aliphatic hydroxyl groups excluding tert-OH is 1. The molecular formula is C28H45N3O5. The van der Waals surface area contributed by atoms with Gasteiger partial charge in [0.1, 0.15) is 11.6 Å². The monoisotopic (exact) mass is 503 g/mol. The van der Waals surface area contributed by atoms with E-state index < -0.39 is 35.1 Å². The third kappa shape index (κ3) is 4.20. The van der Waals surface area contributed by atoms with Crippen molar-refractivity contribution in [2.24, 2.45) is 11.8 Å². The highest BCUT2D eigenvalue weighted by Crippen LogP contribution is 2.65. The summed E-state index contributed by atoms with van der Waals surface area (Å²) in [7, 11) is 0. The van der Waals surface area contributed by atoms with Crippen LogP contribution in [0.15, 0.2) is 25.3 Å². The minimum atomic E-state index is -1.09. The van der Waals surface area contributed by atoms with Gasteiger partial charge < -0.3 is 24.5 Å². The zero-order valence-corrected chi connectivity index (χ0v) is 22.7. The fourth-order valence-electron chi connectivity index (χ4n) is 6.88. The number of nitrogens with zero attached hydrogens (tertiary/aromatic N) is 3. The van der Waals surface area contributed by atoms with E-state index in [2.05, 4.69) is 13.2 Å². The third-order valence-electron chi connectivity index (χ3n) is 8.58.